The highest BCUT2D eigenvalue weighted by atomic mass is 15.2. The molecule has 4 nitrogen and oxygen atoms in total. The minimum Gasteiger partial charge on any atom is -0.324 e. The van der Waals surface area contributed by atoms with Crippen LogP contribution in [0.1, 0.15) is 43.7 Å². The minimum atomic E-state index is 0.103. The van der Waals surface area contributed by atoms with Gasteiger partial charge in [-0.15, -0.1) is 0 Å². The zero-order valence-electron chi connectivity index (χ0n) is 11.1. The molecule has 0 spiro atoms. The molecule has 2 fully saturated rings. The molecule has 0 amide bonds. The second kappa shape index (κ2) is 4.30. The van der Waals surface area contributed by atoms with Gasteiger partial charge >= 0.3 is 0 Å². The molecule has 19 heavy (non-hydrogen) atoms. The number of hydrogen-bond donors (Lipinski definition) is 1. The molecule has 0 radical (unpaired) electrons. The van der Waals surface area contributed by atoms with Crippen LogP contribution in [0.5, 0.6) is 0 Å². The van der Waals surface area contributed by atoms with Crippen molar-refractivity contribution >= 4 is 5.52 Å². The highest BCUT2D eigenvalue weighted by Crippen LogP contribution is 2.50. The molecule has 2 saturated carbocycles. The van der Waals surface area contributed by atoms with Crippen LogP contribution >= 0.6 is 0 Å². The van der Waals surface area contributed by atoms with E-state index in [1.54, 1.807) is 6.20 Å². The molecule has 100 valence electrons. The van der Waals surface area contributed by atoms with Crippen LogP contribution in [0.25, 0.3) is 5.52 Å². The first kappa shape index (κ1) is 11.4. The molecule has 4 rings (SSSR count). The lowest BCUT2D eigenvalue weighted by Crippen LogP contribution is -2.19. The Hall–Kier alpha value is -1.42. The smallest absolute Gasteiger partial charge is 0.0892 e. The van der Waals surface area contributed by atoms with E-state index in [1.807, 2.05) is 23.1 Å². The largest absolute Gasteiger partial charge is 0.324 e. The van der Waals surface area contributed by atoms with Crippen molar-refractivity contribution in [2.24, 2.45) is 23.5 Å². The standard InChI is InChI=1S/C15H20N4/c16-14(7-12-6-10-1-2-11(12)5-10)13-8-18-19-4-3-17-9-15(13)19/h3-4,8-12,14H,1-2,5-7,16H2. The fourth-order valence-corrected chi connectivity index (χ4v) is 4.26. The summed E-state index contributed by atoms with van der Waals surface area (Å²) in [5, 5.41) is 4.36. The number of nitrogens with two attached hydrogens (primary N) is 1. The van der Waals surface area contributed by atoms with E-state index in [0.717, 1.165) is 35.3 Å². The van der Waals surface area contributed by atoms with E-state index in [2.05, 4.69) is 10.1 Å². The average Bonchev–Trinajstić information content (AvgIpc) is 3.13. The molecule has 4 unspecified atom stereocenters. The van der Waals surface area contributed by atoms with E-state index in [-0.39, 0.29) is 6.04 Å². The summed E-state index contributed by atoms with van der Waals surface area (Å²) in [4.78, 5) is 4.18. The first-order valence-electron chi connectivity index (χ1n) is 7.34. The predicted molar refractivity (Wildman–Crippen MR) is 73.5 cm³/mol. The highest BCUT2D eigenvalue weighted by Gasteiger charge is 2.40. The molecule has 0 aromatic carbocycles. The van der Waals surface area contributed by atoms with Crippen molar-refractivity contribution in [1.82, 2.24) is 14.6 Å². The van der Waals surface area contributed by atoms with Gasteiger partial charge in [0.15, 0.2) is 0 Å². The van der Waals surface area contributed by atoms with E-state index in [9.17, 15) is 0 Å². The van der Waals surface area contributed by atoms with Crippen LogP contribution < -0.4 is 5.73 Å². The molecule has 2 aromatic rings. The zero-order chi connectivity index (χ0) is 12.8. The van der Waals surface area contributed by atoms with Gasteiger partial charge in [-0.3, -0.25) is 4.98 Å². The third-order valence-corrected chi connectivity index (χ3v) is 5.20. The van der Waals surface area contributed by atoms with Gasteiger partial charge in [-0.05, 0) is 43.4 Å². The predicted octanol–water partition coefficient (Wildman–Crippen LogP) is 2.56. The number of rotatable bonds is 3. The molecule has 2 aliphatic carbocycles. The minimum absolute atomic E-state index is 0.103. The first-order valence-corrected chi connectivity index (χ1v) is 7.34. The maximum Gasteiger partial charge on any atom is 0.0892 e. The molecule has 2 aromatic heterocycles. The van der Waals surface area contributed by atoms with Crippen LogP contribution in [-0.2, 0) is 0 Å². The lowest BCUT2D eigenvalue weighted by molar-refractivity contribution is 0.296. The van der Waals surface area contributed by atoms with Crippen molar-refractivity contribution in [2.75, 3.05) is 0 Å². The van der Waals surface area contributed by atoms with Gasteiger partial charge in [0.2, 0.25) is 0 Å². The summed E-state index contributed by atoms with van der Waals surface area (Å²) in [7, 11) is 0. The van der Waals surface area contributed by atoms with Gasteiger partial charge in [-0.2, -0.15) is 5.10 Å². The molecule has 0 saturated heterocycles. The van der Waals surface area contributed by atoms with Gasteiger partial charge in [-0.1, -0.05) is 6.42 Å². The van der Waals surface area contributed by atoms with E-state index in [0.29, 0.717) is 0 Å². The Morgan fingerprint density at radius 1 is 1.32 bits per heavy atom. The molecule has 2 aliphatic rings. The quantitative estimate of drug-likeness (QED) is 0.918. The normalized spacial score (nSPS) is 31.1. The molecule has 2 N–H and O–H groups in total. The monoisotopic (exact) mass is 256 g/mol. The molecule has 4 heteroatoms. The lowest BCUT2D eigenvalue weighted by Gasteiger charge is -2.24. The Kier molecular flexibility index (Phi) is 2.58. The van der Waals surface area contributed by atoms with E-state index >= 15 is 0 Å². The summed E-state index contributed by atoms with van der Waals surface area (Å²) in [5.41, 5.74) is 8.64. The van der Waals surface area contributed by atoms with Crippen LogP contribution in [0.15, 0.2) is 24.8 Å². The summed E-state index contributed by atoms with van der Waals surface area (Å²) in [5.74, 6) is 2.77. The molecule has 2 heterocycles. The van der Waals surface area contributed by atoms with Gasteiger partial charge in [0, 0.05) is 24.0 Å². The second-order valence-corrected chi connectivity index (χ2v) is 6.28. The Balaban J connectivity index is 1.55. The number of aromatic nitrogens is 3. The maximum atomic E-state index is 6.44. The molecular weight excluding hydrogens is 236 g/mol. The SMILES string of the molecule is NC(CC1CC2CCC1C2)c1cnn2ccncc12. The summed E-state index contributed by atoms with van der Waals surface area (Å²) in [6.07, 6.45) is 14.3. The van der Waals surface area contributed by atoms with Crippen LogP contribution in [0.2, 0.25) is 0 Å². The fourth-order valence-electron chi connectivity index (χ4n) is 4.26. The Labute approximate surface area is 113 Å². The van der Waals surface area contributed by atoms with Gasteiger partial charge < -0.3 is 5.73 Å². The lowest BCUT2D eigenvalue weighted by atomic mass is 9.83. The van der Waals surface area contributed by atoms with Crippen LogP contribution in [0, 0.1) is 17.8 Å². The van der Waals surface area contributed by atoms with Crippen molar-refractivity contribution in [3.8, 4) is 0 Å². The Morgan fingerprint density at radius 2 is 2.26 bits per heavy atom. The molecular formula is C15H20N4. The highest BCUT2D eigenvalue weighted by molar-refractivity contribution is 5.53. The van der Waals surface area contributed by atoms with Crippen LogP contribution in [0.4, 0.5) is 0 Å². The molecule has 0 aliphatic heterocycles. The van der Waals surface area contributed by atoms with Crippen molar-refractivity contribution in [2.45, 2.75) is 38.1 Å². The van der Waals surface area contributed by atoms with E-state index < -0.39 is 0 Å². The summed E-state index contributed by atoms with van der Waals surface area (Å²) < 4.78 is 1.86. The fraction of sp³-hybridized carbons (Fsp3) is 0.600. The van der Waals surface area contributed by atoms with Crippen LogP contribution in [-0.4, -0.2) is 14.6 Å². The van der Waals surface area contributed by atoms with Gasteiger partial charge in [0.1, 0.15) is 0 Å². The average molecular weight is 256 g/mol. The van der Waals surface area contributed by atoms with Crippen molar-refractivity contribution in [1.29, 1.82) is 0 Å². The summed E-state index contributed by atoms with van der Waals surface area (Å²) >= 11 is 0. The zero-order valence-corrected chi connectivity index (χ0v) is 11.1. The van der Waals surface area contributed by atoms with Crippen LogP contribution in [0.3, 0.4) is 0 Å². The van der Waals surface area contributed by atoms with E-state index in [1.165, 1.54) is 25.7 Å². The Bertz CT molecular complexity index is 591. The molecule has 4 atom stereocenters. The topological polar surface area (TPSA) is 56.2 Å². The number of nitrogens with zero attached hydrogens (tertiary/aromatic N) is 3. The van der Waals surface area contributed by atoms with E-state index in [4.69, 9.17) is 5.73 Å². The summed E-state index contributed by atoms with van der Waals surface area (Å²) in [6.45, 7) is 0. The maximum absolute atomic E-state index is 6.44. The third-order valence-electron chi connectivity index (χ3n) is 5.20. The summed E-state index contributed by atoms with van der Waals surface area (Å²) in [6, 6.07) is 0.103. The van der Waals surface area contributed by atoms with Crippen molar-refractivity contribution < 1.29 is 0 Å². The Morgan fingerprint density at radius 3 is 3.05 bits per heavy atom. The second-order valence-electron chi connectivity index (χ2n) is 6.28. The third kappa shape index (κ3) is 1.86. The number of fused-ring (bicyclic) bond motifs is 3. The van der Waals surface area contributed by atoms with Gasteiger partial charge in [0.25, 0.3) is 0 Å². The van der Waals surface area contributed by atoms with Gasteiger partial charge in [-0.25, -0.2) is 4.52 Å². The van der Waals surface area contributed by atoms with Crippen molar-refractivity contribution in [3.05, 3.63) is 30.4 Å². The first-order chi connectivity index (χ1) is 9.31. The molecule has 2 bridgehead atoms. The van der Waals surface area contributed by atoms with Crippen molar-refractivity contribution in [3.63, 3.8) is 0 Å². The number of hydrogen-bond acceptors (Lipinski definition) is 3. The van der Waals surface area contributed by atoms with Gasteiger partial charge in [0.05, 0.1) is 17.9 Å².